The Labute approximate surface area is 66.2 Å². The van der Waals surface area contributed by atoms with Crippen molar-refractivity contribution in [3.05, 3.63) is 0 Å². The molecular weight excluding hydrogens is 144 g/mol. The van der Waals surface area contributed by atoms with E-state index in [0.717, 1.165) is 13.0 Å². The fourth-order valence-corrected chi connectivity index (χ4v) is 1.24. The van der Waals surface area contributed by atoms with Crippen molar-refractivity contribution in [2.45, 2.75) is 12.5 Å². The number of β-amino-alcohol motifs (C(OH)–C–C–N with tert-alkyl or cyclic N) is 1. The number of amides is 1. The Balaban J connectivity index is 2.23. The van der Waals surface area contributed by atoms with Crippen LogP contribution in [0.25, 0.3) is 0 Å². The highest BCUT2D eigenvalue weighted by atomic mass is 16.3. The molecule has 0 unspecified atom stereocenters. The standard InChI is InChI=1S/C7H14N2O2/c1-8-7(11)5-9-3-2-6(10)4-9/h6,10H,2-5H2,1H3,(H,8,11)/t6-/m0/s1. The molecule has 11 heavy (non-hydrogen) atoms. The SMILES string of the molecule is CNC(=O)CN1CC[C@H](O)C1. The van der Waals surface area contributed by atoms with Crippen LogP contribution in [-0.2, 0) is 4.79 Å². The molecule has 1 aliphatic heterocycles. The van der Waals surface area contributed by atoms with E-state index >= 15 is 0 Å². The zero-order valence-corrected chi connectivity index (χ0v) is 6.71. The zero-order chi connectivity index (χ0) is 8.27. The van der Waals surface area contributed by atoms with Crippen molar-refractivity contribution in [2.75, 3.05) is 26.7 Å². The Kier molecular flexibility index (Phi) is 2.84. The van der Waals surface area contributed by atoms with Crippen LogP contribution in [-0.4, -0.2) is 48.7 Å². The monoisotopic (exact) mass is 158 g/mol. The van der Waals surface area contributed by atoms with Crippen LogP contribution in [0.5, 0.6) is 0 Å². The molecule has 1 heterocycles. The van der Waals surface area contributed by atoms with Gasteiger partial charge in [-0.05, 0) is 6.42 Å². The van der Waals surface area contributed by atoms with Gasteiger partial charge < -0.3 is 10.4 Å². The number of likely N-dealkylation sites (tertiary alicyclic amines) is 1. The van der Waals surface area contributed by atoms with E-state index in [2.05, 4.69) is 5.32 Å². The maximum atomic E-state index is 10.8. The van der Waals surface area contributed by atoms with Crippen LogP contribution in [0.4, 0.5) is 0 Å². The molecule has 0 aromatic carbocycles. The van der Waals surface area contributed by atoms with E-state index in [1.165, 1.54) is 0 Å². The van der Waals surface area contributed by atoms with Crippen molar-refractivity contribution < 1.29 is 9.90 Å². The second-order valence-electron chi connectivity index (χ2n) is 2.85. The minimum atomic E-state index is -0.236. The van der Waals surface area contributed by atoms with Gasteiger partial charge in [0, 0.05) is 20.1 Å². The van der Waals surface area contributed by atoms with Crippen LogP contribution in [0.2, 0.25) is 0 Å². The summed E-state index contributed by atoms with van der Waals surface area (Å²) in [5, 5.41) is 11.7. The fourth-order valence-electron chi connectivity index (χ4n) is 1.24. The van der Waals surface area contributed by atoms with Gasteiger partial charge in [-0.1, -0.05) is 0 Å². The summed E-state index contributed by atoms with van der Waals surface area (Å²) in [6, 6.07) is 0. The largest absolute Gasteiger partial charge is 0.392 e. The number of likely N-dealkylation sites (N-methyl/N-ethyl adjacent to an activating group) is 1. The van der Waals surface area contributed by atoms with Gasteiger partial charge in [0.05, 0.1) is 12.6 Å². The lowest BCUT2D eigenvalue weighted by Gasteiger charge is -2.12. The normalized spacial score (nSPS) is 25.5. The Bertz CT molecular complexity index is 149. The molecule has 1 saturated heterocycles. The molecular formula is C7H14N2O2. The quantitative estimate of drug-likeness (QED) is 0.530. The Morgan fingerprint density at radius 2 is 2.55 bits per heavy atom. The molecule has 1 aliphatic rings. The van der Waals surface area contributed by atoms with Crippen molar-refractivity contribution in [2.24, 2.45) is 0 Å². The predicted octanol–water partition coefficient (Wildman–Crippen LogP) is -1.20. The number of hydrogen-bond donors (Lipinski definition) is 2. The number of rotatable bonds is 2. The van der Waals surface area contributed by atoms with Gasteiger partial charge in [-0.25, -0.2) is 0 Å². The van der Waals surface area contributed by atoms with E-state index in [-0.39, 0.29) is 12.0 Å². The first-order chi connectivity index (χ1) is 5.22. The summed E-state index contributed by atoms with van der Waals surface area (Å²) in [4.78, 5) is 12.8. The number of carbonyl (C=O) groups excluding carboxylic acids is 1. The second-order valence-corrected chi connectivity index (χ2v) is 2.85. The van der Waals surface area contributed by atoms with Gasteiger partial charge in [-0.2, -0.15) is 0 Å². The van der Waals surface area contributed by atoms with Gasteiger partial charge in [-0.15, -0.1) is 0 Å². The lowest BCUT2D eigenvalue weighted by Crippen LogP contribution is -2.34. The Morgan fingerprint density at radius 3 is 3.00 bits per heavy atom. The van der Waals surface area contributed by atoms with E-state index in [4.69, 9.17) is 5.11 Å². The van der Waals surface area contributed by atoms with E-state index in [1.807, 2.05) is 4.90 Å². The van der Waals surface area contributed by atoms with Crippen molar-refractivity contribution >= 4 is 5.91 Å². The molecule has 0 radical (unpaired) electrons. The molecule has 0 aliphatic carbocycles. The minimum Gasteiger partial charge on any atom is -0.392 e. The number of nitrogens with one attached hydrogen (secondary N) is 1. The molecule has 0 spiro atoms. The van der Waals surface area contributed by atoms with Crippen molar-refractivity contribution in [1.82, 2.24) is 10.2 Å². The van der Waals surface area contributed by atoms with Gasteiger partial charge in [0.1, 0.15) is 0 Å². The number of aliphatic hydroxyl groups is 1. The lowest BCUT2D eigenvalue weighted by atomic mass is 10.3. The van der Waals surface area contributed by atoms with Gasteiger partial charge >= 0.3 is 0 Å². The summed E-state index contributed by atoms with van der Waals surface area (Å²) in [5.41, 5.74) is 0. The highest BCUT2D eigenvalue weighted by molar-refractivity contribution is 5.77. The molecule has 1 amide bonds. The van der Waals surface area contributed by atoms with Gasteiger partial charge in [-0.3, -0.25) is 9.69 Å². The number of aliphatic hydroxyl groups excluding tert-OH is 1. The average Bonchev–Trinajstić information content (AvgIpc) is 2.35. The molecule has 2 N–H and O–H groups in total. The number of nitrogens with zero attached hydrogens (tertiary/aromatic N) is 1. The smallest absolute Gasteiger partial charge is 0.233 e. The third-order valence-corrected chi connectivity index (χ3v) is 1.89. The predicted molar refractivity (Wildman–Crippen MR) is 41.1 cm³/mol. The highest BCUT2D eigenvalue weighted by Gasteiger charge is 2.21. The first-order valence-electron chi connectivity index (χ1n) is 3.83. The van der Waals surface area contributed by atoms with Crippen LogP contribution in [0.1, 0.15) is 6.42 Å². The maximum absolute atomic E-state index is 10.8. The first-order valence-corrected chi connectivity index (χ1v) is 3.83. The topological polar surface area (TPSA) is 52.6 Å². The molecule has 1 rings (SSSR count). The third-order valence-electron chi connectivity index (χ3n) is 1.89. The van der Waals surface area contributed by atoms with Gasteiger partial charge in [0.25, 0.3) is 0 Å². The summed E-state index contributed by atoms with van der Waals surface area (Å²) in [6.07, 6.45) is 0.552. The average molecular weight is 158 g/mol. The molecule has 1 atom stereocenters. The van der Waals surface area contributed by atoms with Crippen LogP contribution < -0.4 is 5.32 Å². The zero-order valence-electron chi connectivity index (χ0n) is 6.71. The van der Waals surface area contributed by atoms with E-state index in [9.17, 15) is 4.79 Å². The summed E-state index contributed by atoms with van der Waals surface area (Å²) in [6.45, 7) is 1.87. The summed E-state index contributed by atoms with van der Waals surface area (Å²) >= 11 is 0. The molecule has 0 aromatic rings. The summed E-state index contributed by atoms with van der Waals surface area (Å²) in [5.74, 6) is 0.0131. The minimum absolute atomic E-state index is 0.0131. The third kappa shape index (κ3) is 2.48. The van der Waals surface area contributed by atoms with Crippen molar-refractivity contribution in [1.29, 1.82) is 0 Å². The molecule has 0 saturated carbocycles. The van der Waals surface area contributed by atoms with Crippen molar-refractivity contribution in [3.8, 4) is 0 Å². The number of hydrogen-bond acceptors (Lipinski definition) is 3. The highest BCUT2D eigenvalue weighted by Crippen LogP contribution is 2.06. The first kappa shape index (κ1) is 8.49. The van der Waals surface area contributed by atoms with E-state index < -0.39 is 0 Å². The van der Waals surface area contributed by atoms with Crippen LogP contribution >= 0.6 is 0 Å². The maximum Gasteiger partial charge on any atom is 0.233 e. The Hall–Kier alpha value is -0.610. The lowest BCUT2D eigenvalue weighted by molar-refractivity contribution is -0.121. The van der Waals surface area contributed by atoms with E-state index in [1.54, 1.807) is 7.05 Å². The fraction of sp³-hybridized carbons (Fsp3) is 0.857. The van der Waals surface area contributed by atoms with Crippen LogP contribution in [0.15, 0.2) is 0 Å². The molecule has 64 valence electrons. The van der Waals surface area contributed by atoms with Crippen LogP contribution in [0, 0.1) is 0 Å². The molecule has 4 nitrogen and oxygen atoms in total. The van der Waals surface area contributed by atoms with Crippen molar-refractivity contribution in [3.63, 3.8) is 0 Å². The van der Waals surface area contributed by atoms with Gasteiger partial charge in [0.2, 0.25) is 5.91 Å². The second kappa shape index (κ2) is 3.69. The molecule has 0 aromatic heterocycles. The molecule has 4 heteroatoms. The van der Waals surface area contributed by atoms with E-state index in [0.29, 0.717) is 13.1 Å². The Morgan fingerprint density at radius 1 is 1.82 bits per heavy atom. The van der Waals surface area contributed by atoms with Crippen LogP contribution in [0.3, 0.4) is 0 Å². The summed E-state index contributed by atoms with van der Waals surface area (Å²) in [7, 11) is 1.62. The summed E-state index contributed by atoms with van der Waals surface area (Å²) < 4.78 is 0. The van der Waals surface area contributed by atoms with Gasteiger partial charge in [0.15, 0.2) is 0 Å². The number of carbonyl (C=O) groups is 1. The molecule has 1 fully saturated rings. The molecule has 0 bridgehead atoms.